The highest BCUT2D eigenvalue weighted by molar-refractivity contribution is 5.75. The number of hydrogen-bond acceptors (Lipinski definition) is 3. The largest absolute Gasteiger partial charge is 0.381 e. The van der Waals surface area contributed by atoms with Crippen molar-refractivity contribution in [3.63, 3.8) is 0 Å². The summed E-state index contributed by atoms with van der Waals surface area (Å²) in [5.41, 5.74) is 2.36. The van der Waals surface area contributed by atoms with Crippen LogP contribution in [0.2, 0.25) is 0 Å². The van der Waals surface area contributed by atoms with E-state index in [-0.39, 0.29) is 0 Å². The molecule has 1 aromatic carbocycles. The van der Waals surface area contributed by atoms with Crippen LogP contribution in [-0.4, -0.2) is 35.9 Å². The smallest absolute Gasteiger partial charge is 0.109 e. The van der Waals surface area contributed by atoms with Gasteiger partial charge in [-0.3, -0.25) is 0 Å². The number of aryl methyl sites for hydroxylation is 1. The molecule has 1 N–H and O–H groups in total. The molecule has 114 valence electrons. The van der Waals surface area contributed by atoms with E-state index < -0.39 is 0 Å². The molecule has 4 nitrogen and oxygen atoms in total. The van der Waals surface area contributed by atoms with Crippen molar-refractivity contribution in [1.82, 2.24) is 14.9 Å². The topological polar surface area (TPSA) is 39.1 Å². The summed E-state index contributed by atoms with van der Waals surface area (Å²) in [7, 11) is 2.06. The van der Waals surface area contributed by atoms with Gasteiger partial charge in [0.25, 0.3) is 0 Å². The van der Waals surface area contributed by atoms with Crippen molar-refractivity contribution in [2.45, 2.75) is 38.8 Å². The second-order valence-electron chi connectivity index (χ2n) is 5.90. The van der Waals surface area contributed by atoms with E-state index in [9.17, 15) is 0 Å². The summed E-state index contributed by atoms with van der Waals surface area (Å²) in [5.74, 6) is 1.81. The van der Waals surface area contributed by atoms with Gasteiger partial charge in [-0.25, -0.2) is 4.98 Å². The maximum atomic E-state index is 5.56. The van der Waals surface area contributed by atoms with E-state index in [0.717, 1.165) is 44.5 Å². The van der Waals surface area contributed by atoms with Crippen molar-refractivity contribution in [3.05, 3.63) is 30.1 Å². The number of aromatic nitrogens is 2. The maximum absolute atomic E-state index is 5.56. The fourth-order valence-electron chi connectivity index (χ4n) is 3.29. The minimum atomic E-state index is 0.445. The van der Waals surface area contributed by atoms with Crippen molar-refractivity contribution in [3.8, 4) is 0 Å². The molecule has 4 heteroatoms. The number of hydrogen-bond donors (Lipinski definition) is 1. The number of nitrogens with one attached hydrogen (secondary N) is 1. The van der Waals surface area contributed by atoms with Crippen LogP contribution in [0.1, 0.15) is 25.6 Å². The molecule has 0 saturated carbocycles. The Labute approximate surface area is 126 Å². The van der Waals surface area contributed by atoms with Crippen molar-refractivity contribution in [1.29, 1.82) is 0 Å². The lowest BCUT2D eigenvalue weighted by Gasteiger charge is -2.23. The zero-order valence-corrected chi connectivity index (χ0v) is 13.0. The van der Waals surface area contributed by atoms with E-state index in [1.54, 1.807) is 0 Å². The van der Waals surface area contributed by atoms with Crippen LogP contribution in [0.15, 0.2) is 24.3 Å². The Hall–Kier alpha value is -1.39. The van der Waals surface area contributed by atoms with Gasteiger partial charge in [-0.1, -0.05) is 19.1 Å². The van der Waals surface area contributed by atoms with Gasteiger partial charge in [-0.05, 0) is 32.0 Å². The van der Waals surface area contributed by atoms with Crippen LogP contribution in [0.4, 0.5) is 0 Å². The van der Waals surface area contributed by atoms with Crippen molar-refractivity contribution in [2.24, 2.45) is 5.92 Å². The van der Waals surface area contributed by atoms with Gasteiger partial charge in [0.05, 0.1) is 17.6 Å². The van der Waals surface area contributed by atoms with E-state index in [1.807, 2.05) is 0 Å². The average Bonchev–Trinajstić information content (AvgIpc) is 3.13. The highest BCUT2D eigenvalue weighted by Gasteiger charge is 2.26. The van der Waals surface area contributed by atoms with Crippen LogP contribution < -0.4 is 5.32 Å². The van der Waals surface area contributed by atoms with Gasteiger partial charge in [0.2, 0.25) is 0 Å². The van der Waals surface area contributed by atoms with Gasteiger partial charge in [0.1, 0.15) is 5.82 Å². The summed E-state index contributed by atoms with van der Waals surface area (Å²) in [6.45, 7) is 4.96. The molecule has 0 bridgehead atoms. The van der Waals surface area contributed by atoms with E-state index >= 15 is 0 Å². The third-order valence-electron chi connectivity index (χ3n) is 4.49. The number of para-hydroxylation sites is 2. The number of ether oxygens (including phenoxy) is 1. The molecule has 1 aromatic heterocycles. The van der Waals surface area contributed by atoms with Crippen LogP contribution in [0, 0.1) is 5.92 Å². The standard InChI is InChI=1S/C17H25N3O/c1-3-6-17-19-14-7-4-5-8-16(14)20(17)11-15(18-2)13-9-10-21-12-13/h4-5,7-8,13,15,18H,3,6,9-12H2,1-2H3. The molecule has 2 aromatic rings. The van der Waals surface area contributed by atoms with Crippen LogP contribution in [-0.2, 0) is 17.7 Å². The Balaban J connectivity index is 1.91. The predicted octanol–water partition coefficient (Wildman–Crippen LogP) is 2.61. The van der Waals surface area contributed by atoms with E-state index in [1.165, 1.54) is 11.3 Å². The number of fused-ring (bicyclic) bond motifs is 1. The summed E-state index contributed by atoms with van der Waals surface area (Å²) in [6, 6.07) is 8.90. The molecule has 2 unspecified atom stereocenters. The Morgan fingerprint density at radius 1 is 1.43 bits per heavy atom. The van der Waals surface area contributed by atoms with E-state index in [0.29, 0.717) is 12.0 Å². The molecule has 1 saturated heterocycles. The van der Waals surface area contributed by atoms with Crippen LogP contribution >= 0.6 is 0 Å². The highest BCUT2D eigenvalue weighted by Crippen LogP contribution is 2.22. The normalized spacial score (nSPS) is 20.2. The monoisotopic (exact) mass is 287 g/mol. The van der Waals surface area contributed by atoms with Gasteiger partial charge in [-0.15, -0.1) is 0 Å². The van der Waals surface area contributed by atoms with E-state index in [4.69, 9.17) is 9.72 Å². The van der Waals surface area contributed by atoms with Crippen LogP contribution in [0.5, 0.6) is 0 Å². The summed E-state index contributed by atoms with van der Waals surface area (Å²) >= 11 is 0. The number of benzene rings is 1. The van der Waals surface area contributed by atoms with Gasteiger partial charge in [0.15, 0.2) is 0 Å². The molecule has 1 aliphatic rings. The first-order valence-electron chi connectivity index (χ1n) is 8.02. The van der Waals surface area contributed by atoms with Crippen LogP contribution in [0.25, 0.3) is 11.0 Å². The minimum absolute atomic E-state index is 0.445. The molecule has 0 amide bonds. The zero-order chi connectivity index (χ0) is 14.7. The first-order valence-corrected chi connectivity index (χ1v) is 8.02. The lowest BCUT2D eigenvalue weighted by atomic mass is 9.99. The number of imidazole rings is 1. The van der Waals surface area contributed by atoms with Crippen molar-refractivity contribution in [2.75, 3.05) is 20.3 Å². The molecule has 1 fully saturated rings. The molecular formula is C17H25N3O. The molecule has 0 spiro atoms. The van der Waals surface area contributed by atoms with Crippen molar-refractivity contribution < 1.29 is 4.74 Å². The molecule has 2 heterocycles. The number of likely N-dealkylation sites (N-methyl/N-ethyl adjacent to an activating group) is 1. The summed E-state index contributed by atoms with van der Waals surface area (Å²) in [4.78, 5) is 4.82. The zero-order valence-electron chi connectivity index (χ0n) is 13.0. The Morgan fingerprint density at radius 2 is 2.29 bits per heavy atom. The average molecular weight is 287 g/mol. The van der Waals surface area contributed by atoms with Crippen LogP contribution in [0.3, 0.4) is 0 Å². The summed E-state index contributed by atoms with van der Waals surface area (Å²) in [5, 5.41) is 3.49. The SMILES string of the molecule is CCCc1nc2ccccc2n1CC(NC)C1CCOC1. The molecule has 3 rings (SSSR count). The summed E-state index contributed by atoms with van der Waals surface area (Å²) in [6.07, 6.45) is 3.31. The highest BCUT2D eigenvalue weighted by atomic mass is 16.5. The van der Waals surface area contributed by atoms with Gasteiger partial charge < -0.3 is 14.6 Å². The minimum Gasteiger partial charge on any atom is -0.381 e. The Kier molecular flexibility index (Phi) is 4.56. The molecular weight excluding hydrogens is 262 g/mol. The molecule has 0 radical (unpaired) electrons. The molecule has 21 heavy (non-hydrogen) atoms. The fourth-order valence-corrected chi connectivity index (χ4v) is 3.29. The molecule has 0 aliphatic carbocycles. The third kappa shape index (κ3) is 2.97. The van der Waals surface area contributed by atoms with Gasteiger partial charge >= 0.3 is 0 Å². The van der Waals surface area contributed by atoms with Gasteiger partial charge in [0, 0.05) is 31.5 Å². The first kappa shape index (κ1) is 14.5. The lowest BCUT2D eigenvalue weighted by molar-refractivity contribution is 0.175. The molecule has 1 aliphatic heterocycles. The second-order valence-corrected chi connectivity index (χ2v) is 5.90. The first-order chi connectivity index (χ1) is 10.3. The predicted molar refractivity (Wildman–Crippen MR) is 85.5 cm³/mol. The molecule has 2 atom stereocenters. The number of nitrogens with zero attached hydrogens (tertiary/aromatic N) is 2. The fraction of sp³-hybridized carbons (Fsp3) is 0.588. The number of rotatable bonds is 6. The van der Waals surface area contributed by atoms with Crippen molar-refractivity contribution >= 4 is 11.0 Å². The summed E-state index contributed by atoms with van der Waals surface area (Å²) < 4.78 is 7.96. The Morgan fingerprint density at radius 3 is 3.00 bits per heavy atom. The quantitative estimate of drug-likeness (QED) is 0.887. The second kappa shape index (κ2) is 6.58. The van der Waals surface area contributed by atoms with E-state index in [2.05, 4.69) is 48.1 Å². The van der Waals surface area contributed by atoms with Gasteiger partial charge in [-0.2, -0.15) is 0 Å². The maximum Gasteiger partial charge on any atom is 0.109 e. The lowest BCUT2D eigenvalue weighted by Crippen LogP contribution is -2.38. The Bertz CT molecular complexity index is 587. The third-order valence-corrected chi connectivity index (χ3v) is 4.49.